The lowest BCUT2D eigenvalue weighted by atomic mass is 10.1. The number of hydrogen-bond acceptors (Lipinski definition) is 5. The first kappa shape index (κ1) is 16.0. The van der Waals surface area contributed by atoms with Gasteiger partial charge < -0.3 is 0 Å². The Morgan fingerprint density at radius 2 is 1.96 bits per heavy atom. The summed E-state index contributed by atoms with van der Waals surface area (Å²) in [6.45, 7) is 3.47. The van der Waals surface area contributed by atoms with Crippen molar-refractivity contribution in [1.82, 2.24) is 14.6 Å². The average Bonchev–Trinajstić information content (AvgIpc) is 2.99. The first-order valence-corrected chi connectivity index (χ1v) is 8.64. The standard InChI is InChI=1S/C16H15N5O2S/c1-12-8-13(2)10-14(9-12)21(7-5-17)24(22,23)15-4-3-6-20-11-18-19-16(15)20/h3-4,6,8-11H,7H2,1-2H3. The maximum Gasteiger partial charge on any atom is 0.269 e. The molecular weight excluding hydrogens is 326 g/mol. The molecule has 2 aromatic heterocycles. The van der Waals surface area contributed by atoms with Gasteiger partial charge in [0.25, 0.3) is 10.0 Å². The maximum atomic E-state index is 13.2. The van der Waals surface area contributed by atoms with Crippen LogP contribution in [0, 0.1) is 25.2 Å². The molecule has 0 saturated carbocycles. The second kappa shape index (κ2) is 5.94. The van der Waals surface area contributed by atoms with Crippen LogP contribution in [0.25, 0.3) is 5.65 Å². The minimum atomic E-state index is -3.96. The van der Waals surface area contributed by atoms with Crippen molar-refractivity contribution < 1.29 is 8.42 Å². The van der Waals surface area contributed by atoms with Crippen molar-refractivity contribution >= 4 is 21.4 Å². The fourth-order valence-corrected chi connectivity index (χ4v) is 4.10. The van der Waals surface area contributed by atoms with Crippen LogP contribution in [0.15, 0.2) is 47.8 Å². The summed E-state index contributed by atoms with van der Waals surface area (Å²) in [6.07, 6.45) is 3.10. The van der Waals surface area contributed by atoms with Gasteiger partial charge in [0.05, 0.1) is 11.8 Å². The van der Waals surface area contributed by atoms with E-state index in [0.29, 0.717) is 5.69 Å². The number of nitriles is 1. The van der Waals surface area contributed by atoms with E-state index in [0.717, 1.165) is 15.4 Å². The predicted octanol–water partition coefficient (Wildman–Crippen LogP) is 2.07. The fraction of sp³-hybridized carbons (Fsp3) is 0.188. The third-order valence-electron chi connectivity index (χ3n) is 3.56. The third-order valence-corrected chi connectivity index (χ3v) is 5.36. The van der Waals surface area contributed by atoms with Crippen LogP contribution in [0.1, 0.15) is 11.1 Å². The summed E-state index contributed by atoms with van der Waals surface area (Å²) in [5.74, 6) is 0. The van der Waals surface area contributed by atoms with E-state index in [1.54, 1.807) is 24.4 Å². The zero-order valence-corrected chi connectivity index (χ0v) is 14.0. The highest BCUT2D eigenvalue weighted by atomic mass is 32.2. The molecule has 0 bridgehead atoms. The molecule has 0 spiro atoms. The number of nitrogens with zero attached hydrogens (tertiary/aromatic N) is 5. The second-order valence-corrected chi connectivity index (χ2v) is 7.28. The fourth-order valence-electron chi connectivity index (χ4n) is 2.62. The van der Waals surface area contributed by atoms with Crippen LogP contribution in [0.4, 0.5) is 5.69 Å². The Morgan fingerprint density at radius 1 is 1.25 bits per heavy atom. The van der Waals surface area contributed by atoms with Gasteiger partial charge in [0.15, 0.2) is 5.65 Å². The Labute approximate surface area is 139 Å². The summed E-state index contributed by atoms with van der Waals surface area (Å²) >= 11 is 0. The second-order valence-electron chi connectivity index (χ2n) is 5.45. The van der Waals surface area contributed by atoms with Crippen LogP contribution >= 0.6 is 0 Å². The van der Waals surface area contributed by atoms with Gasteiger partial charge in [-0.15, -0.1) is 10.2 Å². The predicted molar refractivity (Wildman–Crippen MR) is 89.0 cm³/mol. The van der Waals surface area contributed by atoms with Crippen LogP contribution in [0.3, 0.4) is 0 Å². The van der Waals surface area contributed by atoms with E-state index < -0.39 is 10.0 Å². The molecule has 24 heavy (non-hydrogen) atoms. The number of anilines is 1. The van der Waals surface area contributed by atoms with Gasteiger partial charge in [-0.3, -0.25) is 8.71 Å². The largest absolute Gasteiger partial charge is 0.288 e. The molecule has 0 atom stereocenters. The molecule has 0 N–H and O–H groups in total. The van der Waals surface area contributed by atoms with Gasteiger partial charge in [-0.2, -0.15) is 5.26 Å². The molecule has 3 rings (SSSR count). The minimum absolute atomic E-state index is 0.0110. The van der Waals surface area contributed by atoms with Crippen molar-refractivity contribution in [3.05, 3.63) is 54.0 Å². The maximum absolute atomic E-state index is 13.2. The van der Waals surface area contributed by atoms with Crippen molar-refractivity contribution in [2.75, 3.05) is 10.8 Å². The SMILES string of the molecule is Cc1cc(C)cc(N(CC#N)S(=O)(=O)c2cccn3cnnc23)c1. The highest BCUT2D eigenvalue weighted by molar-refractivity contribution is 7.93. The molecule has 0 fully saturated rings. The molecule has 0 radical (unpaired) electrons. The Hall–Kier alpha value is -2.92. The number of aromatic nitrogens is 3. The van der Waals surface area contributed by atoms with Crippen LogP contribution < -0.4 is 4.31 Å². The molecule has 1 aromatic carbocycles. The molecule has 0 aliphatic heterocycles. The number of sulfonamides is 1. The van der Waals surface area contributed by atoms with E-state index in [-0.39, 0.29) is 17.1 Å². The summed E-state index contributed by atoms with van der Waals surface area (Å²) < 4.78 is 28.9. The van der Waals surface area contributed by atoms with E-state index in [4.69, 9.17) is 5.26 Å². The number of aryl methyl sites for hydroxylation is 2. The van der Waals surface area contributed by atoms with E-state index in [1.807, 2.05) is 26.0 Å². The Balaban J connectivity index is 2.21. The lowest BCUT2D eigenvalue weighted by molar-refractivity contribution is 0.593. The number of fused-ring (bicyclic) bond motifs is 1. The third kappa shape index (κ3) is 2.70. The van der Waals surface area contributed by atoms with Crippen LogP contribution in [-0.2, 0) is 10.0 Å². The van der Waals surface area contributed by atoms with Gasteiger partial charge in [0.2, 0.25) is 0 Å². The molecule has 2 heterocycles. The van der Waals surface area contributed by atoms with E-state index in [2.05, 4.69) is 10.2 Å². The molecule has 0 amide bonds. The van der Waals surface area contributed by atoms with Gasteiger partial charge in [-0.1, -0.05) is 6.07 Å². The van der Waals surface area contributed by atoms with Crippen LogP contribution in [0.5, 0.6) is 0 Å². The summed E-state index contributed by atoms with van der Waals surface area (Å²) in [7, 11) is -3.96. The summed E-state index contributed by atoms with van der Waals surface area (Å²) in [4.78, 5) is 0.0110. The van der Waals surface area contributed by atoms with Gasteiger partial charge in [-0.05, 0) is 49.2 Å². The number of hydrogen-bond donors (Lipinski definition) is 0. The quantitative estimate of drug-likeness (QED) is 0.677. The van der Waals surface area contributed by atoms with Crippen LogP contribution in [-0.4, -0.2) is 29.6 Å². The van der Waals surface area contributed by atoms with Crippen molar-refractivity contribution in [3.63, 3.8) is 0 Å². The molecule has 3 aromatic rings. The first-order valence-electron chi connectivity index (χ1n) is 7.20. The smallest absolute Gasteiger partial charge is 0.269 e. The molecular formula is C16H15N5O2S. The van der Waals surface area contributed by atoms with E-state index in [9.17, 15) is 8.42 Å². The van der Waals surface area contributed by atoms with Gasteiger partial charge in [0.1, 0.15) is 17.8 Å². The van der Waals surface area contributed by atoms with Gasteiger partial charge >= 0.3 is 0 Å². The molecule has 0 aliphatic rings. The summed E-state index contributed by atoms with van der Waals surface area (Å²) in [5.41, 5.74) is 2.52. The molecule has 0 unspecified atom stereocenters. The monoisotopic (exact) mass is 341 g/mol. The normalized spacial score (nSPS) is 11.4. The molecule has 8 heteroatoms. The number of pyridine rings is 1. The topological polar surface area (TPSA) is 91.4 Å². The Morgan fingerprint density at radius 3 is 2.62 bits per heavy atom. The zero-order valence-electron chi connectivity index (χ0n) is 13.2. The lowest BCUT2D eigenvalue weighted by Gasteiger charge is -2.22. The zero-order chi connectivity index (χ0) is 17.3. The summed E-state index contributed by atoms with van der Waals surface area (Å²) in [5, 5.41) is 16.8. The molecule has 7 nitrogen and oxygen atoms in total. The van der Waals surface area contributed by atoms with Crippen molar-refractivity contribution in [3.8, 4) is 6.07 Å². The molecule has 0 aliphatic carbocycles. The first-order chi connectivity index (χ1) is 11.4. The highest BCUT2D eigenvalue weighted by Gasteiger charge is 2.28. The Kier molecular flexibility index (Phi) is 3.95. The molecule has 0 saturated heterocycles. The summed E-state index contributed by atoms with van der Waals surface area (Å²) in [6, 6.07) is 10.4. The minimum Gasteiger partial charge on any atom is -0.288 e. The Bertz CT molecular complexity index is 1030. The van der Waals surface area contributed by atoms with Gasteiger partial charge in [-0.25, -0.2) is 8.42 Å². The van der Waals surface area contributed by atoms with Crippen molar-refractivity contribution in [2.24, 2.45) is 0 Å². The molecule has 122 valence electrons. The van der Waals surface area contributed by atoms with Gasteiger partial charge in [0, 0.05) is 6.20 Å². The lowest BCUT2D eigenvalue weighted by Crippen LogP contribution is -2.32. The van der Waals surface area contributed by atoms with Crippen LogP contribution in [0.2, 0.25) is 0 Å². The van der Waals surface area contributed by atoms with E-state index >= 15 is 0 Å². The number of benzene rings is 1. The van der Waals surface area contributed by atoms with Crippen molar-refractivity contribution in [2.45, 2.75) is 18.7 Å². The van der Waals surface area contributed by atoms with E-state index in [1.165, 1.54) is 16.8 Å². The highest BCUT2D eigenvalue weighted by Crippen LogP contribution is 2.27. The number of rotatable bonds is 4. The average molecular weight is 341 g/mol. The van der Waals surface area contributed by atoms with Crippen molar-refractivity contribution in [1.29, 1.82) is 5.26 Å².